The lowest BCUT2D eigenvalue weighted by Gasteiger charge is -1.97. The van der Waals surface area contributed by atoms with Crippen LogP contribution in [0.25, 0.3) is 5.52 Å². The van der Waals surface area contributed by atoms with Crippen molar-refractivity contribution in [1.29, 1.82) is 0 Å². The third-order valence-corrected chi connectivity index (χ3v) is 2.03. The molecule has 0 saturated heterocycles. The van der Waals surface area contributed by atoms with Gasteiger partial charge in [0.15, 0.2) is 11.6 Å². The lowest BCUT2D eigenvalue weighted by Crippen LogP contribution is -1.99. The fourth-order valence-corrected chi connectivity index (χ4v) is 1.39. The summed E-state index contributed by atoms with van der Waals surface area (Å²) in [5.74, 6) is 0.347. The van der Waals surface area contributed by atoms with Gasteiger partial charge in [0.1, 0.15) is 0 Å². The summed E-state index contributed by atoms with van der Waals surface area (Å²) in [6.07, 6.45) is 3.33. The third-order valence-electron chi connectivity index (χ3n) is 1.81. The van der Waals surface area contributed by atoms with E-state index < -0.39 is 0 Å². The summed E-state index contributed by atoms with van der Waals surface area (Å²) < 4.78 is 1.69. The van der Waals surface area contributed by atoms with E-state index in [1.165, 1.54) is 6.92 Å². The van der Waals surface area contributed by atoms with Crippen molar-refractivity contribution in [3.8, 4) is 0 Å². The minimum absolute atomic E-state index is 0.0673. The fraction of sp³-hybridized carbons (Fsp3) is 0.111. The Balaban J connectivity index is 2.79. The zero-order valence-electron chi connectivity index (χ0n) is 6.99. The molecule has 0 atom stereocenters. The first-order chi connectivity index (χ1) is 6.18. The van der Waals surface area contributed by atoms with Gasteiger partial charge in [-0.05, 0) is 12.1 Å². The van der Waals surface area contributed by atoms with E-state index in [0.29, 0.717) is 10.8 Å². The van der Waals surface area contributed by atoms with E-state index in [0.717, 1.165) is 5.52 Å². The highest BCUT2D eigenvalue weighted by atomic mass is 35.5. The van der Waals surface area contributed by atoms with Gasteiger partial charge in [0.25, 0.3) is 0 Å². The molecule has 4 heteroatoms. The molecule has 2 aromatic rings. The highest BCUT2D eigenvalue weighted by Gasteiger charge is 2.07. The number of imidazole rings is 1. The molecule has 2 rings (SSSR count). The van der Waals surface area contributed by atoms with Crippen molar-refractivity contribution in [2.75, 3.05) is 0 Å². The van der Waals surface area contributed by atoms with E-state index in [2.05, 4.69) is 4.98 Å². The fourth-order valence-electron chi connectivity index (χ4n) is 1.22. The summed E-state index contributed by atoms with van der Waals surface area (Å²) >= 11 is 5.79. The van der Waals surface area contributed by atoms with Crippen LogP contribution in [0.2, 0.25) is 5.02 Å². The molecule has 0 aliphatic carbocycles. The van der Waals surface area contributed by atoms with Crippen LogP contribution in [-0.4, -0.2) is 15.2 Å². The van der Waals surface area contributed by atoms with Crippen LogP contribution in [0.5, 0.6) is 0 Å². The van der Waals surface area contributed by atoms with Crippen molar-refractivity contribution in [3.63, 3.8) is 0 Å². The summed E-state index contributed by atoms with van der Waals surface area (Å²) in [5.41, 5.74) is 0.870. The minimum atomic E-state index is -0.0673. The zero-order valence-corrected chi connectivity index (χ0v) is 7.75. The zero-order chi connectivity index (χ0) is 9.42. The minimum Gasteiger partial charge on any atom is -0.296 e. The Morgan fingerprint density at radius 3 is 3.00 bits per heavy atom. The molecule has 0 unspecified atom stereocenters. The number of ketones is 1. The van der Waals surface area contributed by atoms with Crippen LogP contribution < -0.4 is 0 Å². The molecule has 2 aromatic heterocycles. The predicted molar refractivity (Wildman–Crippen MR) is 50.2 cm³/mol. The van der Waals surface area contributed by atoms with Gasteiger partial charge in [-0.2, -0.15) is 0 Å². The van der Waals surface area contributed by atoms with E-state index in [9.17, 15) is 4.79 Å². The Bertz CT molecular complexity index is 475. The second-order valence-corrected chi connectivity index (χ2v) is 3.22. The van der Waals surface area contributed by atoms with Gasteiger partial charge in [0, 0.05) is 13.1 Å². The summed E-state index contributed by atoms with van der Waals surface area (Å²) in [7, 11) is 0. The van der Waals surface area contributed by atoms with Gasteiger partial charge < -0.3 is 0 Å². The lowest BCUT2D eigenvalue weighted by molar-refractivity contribution is 0.100. The molecule has 0 N–H and O–H groups in total. The maximum Gasteiger partial charge on any atom is 0.195 e. The summed E-state index contributed by atoms with van der Waals surface area (Å²) in [6.45, 7) is 1.48. The number of nitrogens with zero attached hydrogens (tertiary/aromatic N) is 2. The van der Waals surface area contributed by atoms with E-state index in [1.807, 2.05) is 6.07 Å². The van der Waals surface area contributed by atoms with Crippen LogP contribution in [0.3, 0.4) is 0 Å². The van der Waals surface area contributed by atoms with E-state index in [4.69, 9.17) is 11.6 Å². The number of pyridine rings is 1. The Morgan fingerprint density at radius 2 is 2.31 bits per heavy atom. The number of rotatable bonds is 1. The maximum atomic E-state index is 11.1. The normalized spacial score (nSPS) is 10.6. The Hall–Kier alpha value is -1.35. The first kappa shape index (κ1) is 8.26. The number of fused-ring (bicyclic) bond motifs is 1. The molecule has 0 fully saturated rings. The number of aromatic nitrogens is 2. The predicted octanol–water partition coefficient (Wildman–Crippen LogP) is 2.19. The monoisotopic (exact) mass is 194 g/mol. The Morgan fingerprint density at radius 1 is 1.54 bits per heavy atom. The largest absolute Gasteiger partial charge is 0.296 e. The second-order valence-electron chi connectivity index (χ2n) is 2.78. The van der Waals surface area contributed by atoms with Gasteiger partial charge in [-0.1, -0.05) is 11.6 Å². The lowest BCUT2D eigenvalue weighted by atomic mass is 10.4. The molecule has 0 radical (unpaired) electrons. The molecule has 0 saturated carbocycles. The molecular weight excluding hydrogens is 188 g/mol. The maximum absolute atomic E-state index is 11.1. The topological polar surface area (TPSA) is 34.4 Å². The van der Waals surface area contributed by atoms with Crippen LogP contribution in [0.4, 0.5) is 0 Å². The molecule has 66 valence electrons. The Labute approximate surface area is 80.0 Å². The average Bonchev–Trinajstić information content (AvgIpc) is 2.46. The average molecular weight is 195 g/mol. The van der Waals surface area contributed by atoms with Crippen LogP contribution in [0.1, 0.15) is 17.5 Å². The van der Waals surface area contributed by atoms with Crippen molar-refractivity contribution in [1.82, 2.24) is 9.38 Å². The second kappa shape index (κ2) is 2.85. The number of Topliss-reactive ketones (excluding diaryl/α,β-unsaturated/α-hetero) is 1. The van der Waals surface area contributed by atoms with Crippen LogP contribution in [0.15, 0.2) is 24.5 Å². The van der Waals surface area contributed by atoms with Gasteiger partial charge in [0.2, 0.25) is 0 Å². The molecule has 3 nitrogen and oxygen atoms in total. The van der Waals surface area contributed by atoms with E-state index in [1.54, 1.807) is 22.9 Å². The number of hydrogen-bond donors (Lipinski definition) is 0. The van der Waals surface area contributed by atoms with Gasteiger partial charge in [-0.15, -0.1) is 0 Å². The van der Waals surface area contributed by atoms with Crippen molar-refractivity contribution in [2.45, 2.75) is 6.92 Å². The number of carbonyl (C=O) groups is 1. The molecule has 0 spiro atoms. The highest BCUT2D eigenvalue weighted by molar-refractivity contribution is 6.30. The van der Waals surface area contributed by atoms with Crippen molar-refractivity contribution in [2.24, 2.45) is 0 Å². The smallest absolute Gasteiger partial charge is 0.195 e. The van der Waals surface area contributed by atoms with Crippen molar-refractivity contribution >= 4 is 22.9 Å². The van der Waals surface area contributed by atoms with Gasteiger partial charge >= 0.3 is 0 Å². The molecular formula is C9H7ClN2O. The van der Waals surface area contributed by atoms with Gasteiger partial charge in [-0.25, -0.2) is 4.98 Å². The standard InChI is InChI=1S/C9H7ClN2O/c1-6(13)9-11-4-8-3-2-7(10)5-12(8)9/h2-5H,1H3. The summed E-state index contributed by atoms with van der Waals surface area (Å²) in [5, 5.41) is 0.591. The first-order valence-corrected chi connectivity index (χ1v) is 4.20. The molecule has 0 aliphatic heterocycles. The third kappa shape index (κ3) is 1.31. The number of hydrogen-bond acceptors (Lipinski definition) is 2. The molecule has 2 heterocycles. The first-order valence-electron chi connectivity index (χ1n) is 3.82. The quantitative estimate of drug-likeness (QED) is 0.653. The Kier molecular flexibility index (Phi) is 1.81. The SMILES string of the molecule is CC(=O)c1ncc2ccc(Cl)cn12. The van der Waals surface area contributed by atoms with Gasteiger partial charge in [0.05, 0.1) is 16.7 Å². The molecule has 13 heavy (non-hydrogen) atoms. The van der Waals surface area contributed by atoms with E-state index >= 15 is 0 Å². The molecule has 0 aromatic carbocycles. The number of halogens is 1. The van der Waals surface area contributed by atoms with Crippen LogP contribution in [0, 0.1) is 0 Å². The van der Waals surface area contributed by atoms with Crippen LogP contribution in [-0.2, 0) is 0 Å². The van der Waals surface area contributed by atoms with Gasteiger partial charge in [-0.3, -0.25) is 9.20 Å². The number of carbonyl (C=O) groups excluding carboxylic acids is 1. The van der Waals surface area contributed by atoms with Crippen LogP contribution >= 0.6 is 11.6 Å². The van der Waals surface area contributed by atoms with E-state index in [-0.39, 0.29) is 5.78 Å². The van der Waals surface area contributed by atoms with Crippen molar-refractivity contribution in [3.05, 3.63) is 35.4 Å². The molecule has 0 aliphatic rings. The van der Waals surface area contributed by atoms with Crippen molar-refractivity contribution < 1.29 is 4.79 Å². The molecule has 0 amide bonds. The summed E-state index contributed by atoms with van der Waals surface area (Å²) in [6, 6.07) is 3.59. The summed E-state index contributed by atoms with van der Waals surface area (Å²) in [4.78, 5) is 15.1. The highest BCUT2D eigenvalue weighted by Crippen LogP contribution is 2.13. The molecule has 0 bridgehead atoms.